The monoisotopic (exact) mass is 551 g/mol. The van der Waals surface area contributed by atoms with Crippen LogP contribution in [0.5, 0.6) is 0 Å². The minimum absolute atomic E-state index is 0.00598. The van der Waals surface area contributed by atoms with E-state index in [0.29, 0.717) is 11.1 Å². The van der Waals surface area contributed by atoms with Gasteiger partial charge >= 0.3 is 17.9 Å². The number of carbonyl (C=O) groups excluding carboxylic acids is 3. The van der Waals surface area contributed by atoms with Crippen molar-refractivity contribution in [2.45, 2.75) is 12.2 Å². The molecule has 4 aromatic rings. The molecule has 192 valence electrons. The number of esters is 2. The van der Waals surface area contributed by atoms with Crippen molar-refractivity contribution < 1.29 is 33.8 Å². The maximum Gasteiger partial charge on any atom is 0.349 e. The Morgan fingerprint density at radius 3 is 1.74 bits per heavy atom. The number of hydrogen-bond donors (Lipinski definition) is 2. The summed E-state index contributed by atoms with van der Waals surface area (Å²) in [5.74, 6) is -4.98. The Bertz CT molecular complexity index is 1530. The molecule has 0 heterocycles. The number of carboxylic acid groups (broad SMARTS) is 1. The predicted molar refractivity (Wildman–Crippen MR) is 142 cm³/mol. The molecule has 0 saturated carbocycles. The molecule has 0 saturated heterocycles. The second kappa shape index (κ2) is 11.8. The van der Waals surface area contributed by atoms with Gasteiger partial charge in [-0.1, -0.05) is 83.9 Å². The van der Waals surface area contributed by atoms with E-state index in [9.17, 15) is 24.3 Å². The molecule has 2 atom stereocenters. The first-order valence-corrected chi connectivity index (χ1v) is 11.9. The highest BCUT2D eigenvalue weighted by molar-refractivity contribution is 6.34. The van der Waals surface area contributed by atoms with E-state index in [2.05, 4.69) is 5.32 Å². The summed E-state index contributed by atoms with van der Waals surface area (Å²) in [5, 5.41) is 14.0. The minimum atomic E-state index is -2.22. The maximum absolute atomic E-state index is 13.4. The summed E-state index contributed by atoms with van der Waals surface area (Å²) >= 11 is 12.1. The van der Waals surface area contributed by atoms with Crippen LogP contribution < -0.4 is 5.32 Å². The van der Waals surface area contributed by atoms with E-state index in [-0.39, 0.29) is 21.2 Å². The Labute approximate surface area is 226 Å². The largest absolute Gasteiger partial charge is 0.478 e. The van der Waals surface area contributed by atoms with Crippen LogP contribution in [0.15, 0.2) is 91.0 Å². The molecule has 0 aliphatic rings. The van der Waals surface area contributed by atoms with Crippen LogP contribution in [0.25, 0.3) is 10.8 Å². The molecule has 0 spiro atoms. The Hall–Kier alpha value is -4.40. The molecule has 0 unspecified atom stereocenters. The second-order valence-electron chi connectivity index (χ2n) is 7.97. The molecule has 4 rings (SSSR count). The minimum Gasteiger partial charge on any atom is -0.478 e. The number of fused-ring (bicyclic) bond motifs is 1. The third-order valence-corrected chi connectivity index (χ3v) is 6.14. The highest BCUT2D eigenvalue weighted by atomic mass is 35.5. The van der Waals surface area contributed by atoms with E-state index in [1.807, 2.05) is 18.2 Å². The van der Waals surface area contributed by atoms with Crippen molar-refractivity contribution >= 4 is 63.5 Å². The van der Waals surface area contributed by atoms with Crippen LogP contribution in [0.4, 0.5) is 5.69 Å². The van der Waals surface area contributed by atoms with Gasteiger partial charge in [0.25, 0.3) is 5.91 Å². The number of amides is 1. The van der Waals surface area contributed by atoms with Crippen molar-refractivity contribution in [2.24, 2.45) is 0 Å². The summed E-state index contributed by atoms with van der Waals surface area (Å²) in [6, 6.07) is 23.9. The summed E-state index contributed by atoms with van der Waals surface area (Å²) in [7, 11) is 0. The first-order valence-electron chi connectivity index (χ1n) is 11.2. The number of rotatable bonds is 8. The SMILES string of the molecule is O=C(O[C@H](C(=O)O)[C@@H](OC(=O)c1ccccc1Cl)C(=O)Nc1cccc2ccccc12)c1ccccc1Cl. The Morgan fingerprint density at radius 2 is 1.16 bits per heavy atom. The number of anilines is 1. The van der Waals surface area contributed by atoms with Crippen LogP contribution in [-0.2, 0) is 19.1 Å². The van der Waals surface area contributed by atoms with Crippen LogP contribution in [0, 0.1) is 0 Å². The zero-order valence-electron chi connectivity index (χ0n) is 19.5. The van der Waals surface area contributed by atoms with Gasteiger partial charge in [-0.15, -0.1) is 0 Å². The standard InChI is InChI=1S/C28H19Cl2NO7/c29-20-13-5-3-11-18(20)27(35)37-23(24(26(33)34)38-28(36)19-12-4-6-14-21(19)30)25(32)31-22-15-7-9-16-8-1-2-10-17(16)22/h1-15,23-24H,(H,31,32)(H,33,34)/t23-,24+/m1/s1. The third-order valence-electron chi connectivity index (χ3n) is 5.48. The average Bonchev–Trinajstić information content (AvgIpc) is 2.91. The van der Waals surface area contributed by atoms with Crippen LogP contribution in [0.1, 0.15) is 20.7 Å². The van der Waals surface area contributed by atoms with Crippen molar-refractivity contribution in [3.8, 4) is 0 Å². The number of halogens is 2. The second-order valence-corrected chi connectivity index (χ2v) is 8.78. The Morgan fingerprint density at radius 1 is 0.658 bits per heavy atom. The third kappa shape index (κ3) is 5.94. The van der Waals surface area contributed by atoms with Crippen LogP contribution >= 0.6 is 23.2 Å². The summed E-state index contributed by atoms with van der Waals surface area (Å²) in [6.45, 7) is 0. The van der Waals surface area contributed by atoms with Gasteiger partial charge < -0.3 is 19.9 Å². The predicted octanol–water partition coefficient (Wildman–Crippen LogP) is 5.62. The van der Waals surface area contributed by atoms with E-state index >= 15 is 0 Å². The lowest BCUT2D eigenvalue weighted by molar-refractivity contribution is -0.157. The number of carboxylic acids is 1. The van der Waals surface area contributed by atoms with Crippen LogP contribution in [-0.4, -0.2) is 41.1 Å². The average molecular weight is 552 g/mol. The summed E-state index contributed by atoms with van der Waals surface area (Å²) < 4.78 is 10.5. The smallest absolute Gasteiger partial charge is 0.349 e. The van der Waals surface area contributed by atoms with Gasteiger partial charge in [0.1, 0.15) is 0 Å². The van der Waals surface area contributed by atoms with Gasteiger partial charge in [0.05, 0.1) is 21.2 Å². The van der Waals surface area contributed by atoms with E-state index in [1.54, 1.807) is 36.4 Å². The molecule has 0 fully saturated rings. The van der Waals surface area contributed by atoms with E-state index in [1.165, 1.54) is 36.4 Å². The zero-order valence-corrected chi connectivity index (χ0v) is 21.0. The molecule has 0 radical (unpaired) electrons. The van der Waals surface area contributed by atoms with Gasteiger partial charge in [-0.3, -0.25) is 4.79 Å². The van der Waals surface area contributed by atoms with Crippen molar-refractivity contribution in [1.29, 1.82) is 0 Å². The molecular weight excluding hydrogens is 533 g/mol. The van der Waals surface area contributed by atoms with Gasteiger partial charge in [0.15, 0.2) is 0 Å². The van der Waals surface area contributed by atoms with Gasteiger partial charge in [-0.2, -0.15) is 0 Å². The van der Waals surface area contributed by atoms with Gasteiger partial charge in [-0.25, -0.2) is 14.4 Å². The number of hydrogen-bond acceptors (Lipinski definition) is 6. The molecule has 0 aromatic heterocycles. The van der Waals surface area contributed by atoms with E-state index < -0.39 is 36.0 Å². The van der Waals surface area contributed by atoms with Crippen LogP contribution in [0.3, 0.4) is 0 Å². The van der Waals surface area contributed by atoms with Gasteiger partial charge in [0.2, 0.25) is 12.2 Å². The fourth-order valence-electron chi connectivity index (χ4n) is 3.64. The molecule has 0 aliphatic carbocycles. The number of aliphatic carboxylic acids is 1. The quantitative estimate of drug-likeness (QED) is 0.272. The van der Waals surface area contributed by atoms with E-state index in [0.717, 1.165) is 5.39 Å². The molecule has 4 aromatic carbocycles. The Balaban J connectivity index is 1.70. The Kier molecular flexibility index (Phi) is 8.25. The molecule has 8 nitrogen and oxygen atoms in total. The van der Waals surface area contributed by atoms with Gasteiger partial charge in [0, 0.05) is 11.1 Å². The van der Waals surface area contributed by atoms with Crippen molar-refractivity contribution in [2.75, 3.05) is 5.32 Å². The molecule has 0 bridgehead atoms. The van der Waals surface area contributed by atoms with Crippen molar-refractivity contribution in [1.82, 2.24) is 0 Å². The fourth-order valence-corrected chi connectivity index (χ4v) is 4.07. The number of nitrogens with one attached hydrogen (secondary N) is 1. The van der Waals surface area contributed by atoms with Crippen LogP contribution in [0.2, 0.25) is 10.0 Å². The van der Waals surface area contributed by atoms with E-state index in [4.69, 9.17) is 32.7 Å². The molecule has 10 heteroatoms. The molecule has 38 heavy (non-hydrogen) atoms. The number of ether oxygens (including phenoxy) is 2. The molecule has 1 amide bonds. The lowest BCUT2D eigenvalue weighted by Gasteiger charge is -2.24. The highest BCUT2D eigenvalue weighted by Crippen LogP contribution is 2.25. The lowest BCUT2D eigenvalue weighted by Crippen LogP contribution is -2.48. The molecular formula is C28H19Cl2NO7. The highest BCUT2D eigenvalue weighted by Gasteiger charge is 2.41. The van der Waals surface area contributed by atoms with Crippen molar-refractivity contribution in [3.63, 3.8) is 0 Å². The lowest BCUT2D eigenvalue weighted by atomic mass is 10.1. The molecule has 2 N–H and O–H groups in total. The van der Waals surface area contributed by atoms with Crippen molar-refractivity contribution in [3.05, 3.63) is 112 Å². The fraction of sp³-hybridized carbons (Fsp3) is 0.0714. The normalized spacial score (nSPS) is 12.3. The maximum atomic E-state index is 13.4. The first kappa shape index (κ1) is 26.7. The zero-order chi connectivity index (χ0) is 27.2. The van der Waals surface area contributed by atoms with Gasteiger partial charge in [-0.05, 0) is 35.7 Å². The molecule has 0 aliphatic heterocycles. The summed E-state index contributed by atoms with van der Waals surface area (Å²) in [4.78, 5) is 51.4. The number of benzene rings is 4. The number of carbonyl (C=O) groups is 4. The first-order chi connectivity index (χ1) is 18.3. The topological polar surface area (TPSA) is 119 Å². The summed E-state index contributed by atoms with van der Waals surface area (Å²) in [6.07, 6.45) is -4.32. The summed E-state index contributed by atoms with van der Waals surface area (Å²) in [5.41, 5.74) is 0.0817.